The van der Waals surface area contributed by atoms with Crippen LogP contribution in [0.25, 0.3) is 77.1 Å². The molecule has 3 heterocycles. The molecule has 0 aliphatic carbocycles. The smallest absolute Gasteiger partial charge is 0.235 e. The van der Waals surface area contributed by atoms with E-state index in [9.17, 15) is 0 Å². The number of aromatic nitrogens is 3. The quantitative estimate of drug-likeness (QED) is 0.222. The van der Waals surface area contributed by atoms with E-state index in [1.54, 1.807) is 6.07 Å². The van der Waals surface area contributed by atoms with Crippen LogP contribution in [0.3, 0.4) is 0 Å². The third-order valence-electron chi connectivity index (χ3n) is 7.44. The maximum absolute atomic E-state index is 7.44. The van der Waals surface area contributed by atoms with Gasteiger partial charge in [-0.05, 0) is 48.5 Å². The maximum atomic E-state index is 7.44. The standard InChI is InChI=1S/C35H20N4O/c1-36-24-16-18-34-28(20-24)27-19-23(15-17-33(27)40-34)30-21-29(22-9-3-2-4-10-22)37-35(38-30)39-31-13-7-5-11-25(31)26-12-6-8-14-32(26)39/h2-21H. The number of hydrogen-bond acceptors (Lipinski definition) is 3. The van der Waals surface area contributed by atoms with Crippen molar-refractivity contribution in [3.63, 3.8) is 0 Å². The van der Waals surface area contributed by atoms with Gasteiger partial charge in [-0.1, -0.05) is 72.8 Å². The van der Waals surface area contributed by atoms with Crippen LogP contribution in [0.5, 0.6) is 0 Å². The molecule has 0 atom stereocenters. The minimum Gasteiger partial charge on any atom is -0.456 e. The van der Waals surface area contributed by atoms with Crippen molar-refractivity contribution in [3.05, 3.63) is 133 Å². The average molecular weight is 513 g/mol. The van der Waals surface area contributed by atoms with Crippen molar-refractivity contribution in [1.82, 2.24) is 14.5 Å². The molecular formula is C35H20N4O. The number of rotatable bonds is 3. The van der Waals surface area contributed by atoms with Crippen LogP contribution in [-0.4, -0.2) is 14.5 Å². The van der Waals surface area contributed by atoms with E-state index in [1.807, 2.05) is 48.5 Å². The number of hydrogen-bond donors (Lipinski definition) is 0. The lowest BCUT2D eigenvalue weighted by Gasteiger charge is -2.12. The Labute approximate surface area is 229 Å². The first kappa shape index (κ1) is 22.3. The Morgan fingerprint density at radius 1 is 0.550 bits per heavy atom. The fourth-order valence-electron chi connectivity index (χ4n) is 5.57. The molecule has 0 saturated heterocycles. The molecule has 40 heavy (non-hydrogen) atoms. The van der Waals surface area contributed by atoms with Gasteiger partial charge >= 0.3 is 0 Å². The number of nitrogens with zero attached hydrogens (tertiary/aromatic N) is 4. The van der Waals surface area contributed by atoms with Gasteiger partial charge in [-0.3, -0.25) is 4.57 Å². The molecule has 5 nitrogen and oxygen atoms in total. The number of furan rings is 1. The first-order valence-electron chi connectivity index (χ1n) is 13.0. The van der Waals surface area contributed by atoms with Gasteiger partial charge in [0.05, 0.1) is 29.0 Å². The SMILES string of the molecule is [C-]#[N+]c1ccc2oc3ccc(-c4cc(-c5ccccc5)nc(-n5c6ccccc6c6ccccc65)n4)cc3c2c1. The van der Waals surface area contributed by atoms with E-state index in [2.05, 4.69) is 76.1 Å². The van der Waals surface area contributed by atoms with Gasteiger partial charge in [0.2, 0.25) is 5.95 Å². The zero-order valence-corrected chi connectivity index (χ0v) is 21.2. The van der Waals surface area contributed by atoms with Gasteiger partial charge in [-0.2, -0.15) is 0 Å². The van der Waals surface area contributed by atoms with E-state index in [1.165, 1.54) is 0 Å². The van der Waals surface area contributed by atoms with Crippen LogP contribution in [0.2, 0.25) is 0 Å². The molecule has 0 aliphatic heterocycles. The highest BCUT2D eigenvalue weighted by Gasteiger charge is 2.17. The van der Waals surface area contributed by atoms with Crippen molar-refractivity contribution in [3.8, 4) is 28.5 Å². The van der Waals surface area contributed by atoms with Crippen LogP contribution >= 0.6 is 0 Å². The zero-order chi connectivity index (χ0) is 26.6. The summed E-state index contributed by atoms with van der Waals surface area (Å²) >= 11 is 0. The summed E-state index contributed by atoms with van der Waals surface area (Å²) in [5.74, 6) is 0.612. The summed E-state index contributed by atoms with van der Waals surface area (Å²) in [7, 11) is 0. The molecule has 5 aromatic carbocycles. The summed E-state index contributed by atoms with van der Waals surface area (Å²) < 4.78 is 8.22. The molecule has 5 heteroatoms. The lowest BCUT2D eigenvalue weighted by molar-refractivity contribution is 0.669. The first-order valence-corrected chi connectivity index (χ1v) is 13.0. The highest BCUT2D eigenvalue weighted by Crippen LogP contribution is 2.36. The minimum atomic E-state index is 0.586. The van der Waals surface area contributed by atoms with Crippen molar-refractivity contribution >= 4 is 49.4 Å². The molecule has 0 amide bonds. The predicted molar refractivity (Wildman–Crippen MR) is 161 cm³/mol. The molecule has 0 spiro atoms. The van der Waals surface area contributed by atoms with E-state index < -0.39 is 0 Å². The molecule has 0 bridgehead atoms. The second-order valence-corrected chi connectivity index (χ2v) is 9.78. The van der Waals surface area contributed by atoms with Gasteiger partial charge < -0.3 is 4.42 Å². The molecule has 0 N–H and O–H groups in total. The van der Waals surface area contributed by atoms with Gasteiger partial charge in [-0.25, -0.2) is 14.8 Å². The van der Waals surface area contributed by atoms with Gasteiger partial charge in [0.15, 0.2) is 5.69 Å². The molecular weight excluding hydrogens is 492 g/mol. The van der Waals surface area contributed by atoms with Gasteiger partial charge in [-0.15, -0.1) is 0 Å². The third-order valence-corrected chi connectivity index (χ3v) is 7.44. The highest BCUT2D eigenvalue weighted by atomic mass is 16.3. The first-order chi connectivity index (χ1) is 19.8. The van der Waals surface area contributed by atoms with Gasteiger partial charge in [0.1, 0.15) is 11.2 Å². The molecule has 0 radical (unpaired) electrons. The summed E-state index contributed by atoms with van der Waals surface area (Å²) in [6.07, 6.45) is 0. The van der Waals surface area contributed by atoms with E-state index >= 15 is 0 Å². The molecule has 0 fully saturated rings. The normalized spacial score (nSPS) is 11.5. The summed E-state index contributed by atoms with van der Waals surface area (Å²) in [6.45, 7) is 7.44. The largest absolute Gasteiger partial charge is 0.456 e. The van der Waals surface area contributed by atoms with Crippen molar-refractivity contribution in [2.24, 2.45) is 0 Å². The Bertz CT molecular complexity index is 2230. The van der Waals surface area contributed by atoms with Crippen LogP contribution in [0.4, 0.5) is 5.69 Å². The fraction of sp³-hybridized carbons (Fsp3) is 0. The van der Waals surface area contributed by atoms with E-state index in [-0.39, 0.29) is 0 Å². The Balaban J connectivity index is 1.42. The van der Waals surface area contributed by atoms with Gasteiger partial charge in [0.25, 0.3) is 0 Å². The van der Waals surface area contributed by atoms with Crippen molar-refractivity contribution in [2.75, 3.05) is 0 Å². The average Bonchev–Trinajstić information content (AvgIpc) is 3.56. The second-order valence-electron chi connectivity index (χ2n) is 9.78. The summed E-state index contributed by atoms with van der Waals surface area (Å²) in [4.78, 5) is 13.9. The third kappa shape index (κ3) is 3.40. The molecule has 8 aromatic rings. The minimum absolute atomic E-state index is 0.586. The van der Waals surface area contributed by atoms with Gasteiger partial charge in [0, 0.05) is 32.7 Å². The Morgan fingerprint density at radius 3 is 1.85 bits per heavy atom. The monoisotopic (exact) mass is 512 g/mol. The van der Waals surface area contributed by atoms with E-state index in [0.29, 0.717) is 11.6 Å². The van der Waals surface area contributed by atoms with E-state index in [0.717, 1.165) is 66.3 Å². The molecule has 3 aromatic heterocycles. The molecule has 8 rings (SSSR count). The second kappa shape index (κ2) is 8.65. The lowest BCUT2D eigenvalue weighted by Crippen LogP contribution is -2.03. The fourth-order valence-corrected chi connectivity index (χ4v) is 5.57. The molecule has 186 valence electrons. The highest BCUT2D eigenvalue weighted by molar-refractivity contribution is 6.09. The zero-order valence-electron chi connectivity index (χ0n) is 21.2. The lowest BCUT2D eigenvalue weighted by atomic mass is 10.0. The van der Waals surface area contributed by atoms with Crippen LogP contribution in [0, 0.1) is 6.57 Å². The van der Waals surface area contributed by atoms with Crippen molar-refractivity contribution in [1.29, 1.82) is 0 Å². The molecule has 0 unspecified atom stereocenters. The Hall–Kier alpha value is -5.73. The summed E-state index contributed by atoms with van der Waals surface area (Å²) in [6, 6.07) is 40.6. The van der Waals surface area contributed by atoms with Crippen LogP contribution in [0.1, 0.15) is 0 Å². The number of para-hydroxylation sites is 2. The Morgan fingerprint density at radius 2 is 1.15 bits per heavy atom. The molecule has 0 aliphatic rings. The topological polar surface area (TPSA) is 48.2 Å². The van der Waals surface area contributed by atoms with Crippen LogP contribution in [0.15, 0.2) is 126 Å². The number of benzene rings is 5. The molecule has 0 saturated carbocycles. The van der Waals surface area contributed by atoms with Crippen LogP contribution < -0.4 is 0 Å². The Kier molecular flexibility index (Phi) is 4.82. The summed E-state index contributed by atoms with van der Waals surface area (Å²) in [5, 5.41) is 4.20. The predicted octanol–water partition coefficient (Wildman–Crippen LogP) is 9.36. The van der Waals surface area contributed by atoms with E-state index in [4.69, 9.17) is 21.0 Å². The van der Waals surface area contributed by atoms with Crippen molar-refractivity contribution < 1.29 is 4.42 Å². The van der Waals surface area contributed by atoms with Crippen molar-refractivity contribution in [2.45, 2.75) is 0 Å². The summed E-state index contributed by atoms with van der Waals surface area (Å²) in [5.41, 5.74) is 7.86. The van der Waals surface area contributed by atoms with Crippen LogP contribution in [-0.2, 0) is 0 Å². The maximum Gasteiger partial charge on any atom is 0.235 e. The number of fused-ring (bicyclic) bond motifs is 6.